The van der Waals surface area contributed by atoms with Gasteiger partial charge in [0.25, 0.3) is 0 Å². The van der Waals surface area contributed by atoms with Crippen LogP contribution >= 0.6 is 21.6 Å². The molecule has 0 rings (SSSR count). The Morgan fingerprint density at radius 1 is 1.40 bits per heavy atom. The lowest BCUT2D eigenvalue weighted by Gasteiger charge is -2.22. The van der Waals surface area contributed by atoms with Crippen LogP contribution in [-0.2, 0) is 9.63 Å². The fourth-order valence-corrected chi connectivity index (χ4v) is 3.72. The lowest BCUT2D eigenvalue weighted by atomic mass is 9.74. The Balaban J connectivity index is 3.57. The highest BCUT2D eigenvalue weighted by atomic mass is 33.1. The van der Waals surface area contributed by atoms with Crippen LogP contribution in [0.15, 0.2) is 5.16 Å². The summed E-state index contributed by atoms with van der Waals surface area (Å²) in [5.41, 5.74) is 0. The Kier molecular flexibility index (Phi) is 9.47. The van der Waals surface area contributed by atoms with Crippen molar-refractivity contribution in [2.24, 2.45) is 5.16 Å². The zero-order valence-corrected chi connectivity index (χ0v) is 14.8. The van der Waals surface area contributed by atoms with Gasteiger partial charge in [-0.15, -0.1) is 0 Å². The SMILES string of the molecule is BC(C)(C)/C=N/OCCCSSC(C)(C)CCC(=O)O. The molecule has 0 aromatic rings. The molecule has 0 saturated carbocycles. The van der Waals surface area contributed by atoms with Crippen LogP contribution in [0.1, 0.15) is 47.0 Å². The first-order valence-electron chi connectivity index (χ1n) is 6.81. The maximum atomic E-state index is 10.5. The second kappa shape index (κ2) is 9.61. The Labute approximate surface area is 131 Å². The Morgan fingerprint density at radius 2 is 2.05 bits per heavy atom. The molecule has 4 nitrogen and oxygen atoms in total. The molecule has 0 bridgehead atoms. The van der Waals surface area contributed by atoms with Crippen molar-refractivity contribution in [3.63, 3.8) is 0 Å². The van der Waals surface area contributed by atoms with E-state index in [9.17, 15) is 4.79 Å². The highest BCUT2D eigenvalue weighted by Crippen LogP contribution is 2.38. The fraction of sp³-hybridized carbons (Fsp3) is 0.846. The average molecular weight is 319 g/mol. The maximum absolute atomic E-state index is 10.5. The summed E-state index contributed by atoms with van der Waals surface area (Å²) in [5, 5.41) is 12.7. The zero-order chi connectivity index (χ0) is 15.6. The normalized spacial score (nSPS) is 12.8. The molecule has 0 aliphatic heterocycles. The van der Waals surface area contributed by atoms with Crippen LogP contribution < -0.4 is 0 Å². The van der Waals surface area contributed by atoms with Gasteiger partial charge in [0.05, 0.1) is 0 Å². The molecule has 7 heteroatoms. The highest BCUT2D eigenvalue weighted by molar-refractivity contribution is 8.77. The van der Waals surface area contributed by atoms with Crippen LogP contribution in [0.5, 0.6) is 0 Å². The summed E-state index contributed by atoms with van der Waals surface area (Å²) in [6, 6.07) is 0. The lowest BCUT2D eigenvalue weighted by Crippen LogP contribution is -2.15. The van der Waals surface area contributed by atoms with Gasteiger partial charge in [0.2, 0.25) is 0 Å². The third-order valence-corrected chi connectivity index (χ3v) is 5.64. The monoisotopic (exact) mass is 319 g/mol. The molecule has 0 aromatic carbocycles. The van der Waals surface area contributed by atoms with Gasteiger partial charge in [0.1, 0.15) is 14.5 Å². The summed E-state index contributed by atoms with van der Waals surface area (Å²) >= 11 is 0. The predicted molar refractivity (Wildman–Crippen MR) is 92.6 cm³/mol. The van der Waals surface area contributed by atoms with E-state index in [2.05, 4.69) is 40.7 Å². The summed E-state index contributed by atoms with van der Waals surface area (Å²) in [6.45, 7) is 8.93. The molecule has 0 atom stereocenters. The Morgan fingerprint density at radius 3 is 2.60 bits per heavy atom. The second-order valence-corrected chi connectivity index (χ2v) is 9.47. The number of carboxylic acid groups (broad SMARTS) is 1. The molecule has 0 amide bonds. The minimum absolute atomic E-state index is 0.00565. The molecule has 0 saturated heterocycles. The van der Waals surface area contributed by atoms with Crippen molar-refractivity contribution in [3.8, 4) is 0 Å². The summed E-state index contributed by atoms with van der Waals surface area (Å²) in [7, 11) is 5.59. The molecule has 20 heavy (non-hydrogen) atoms. The first kappa shape index (κ1) is 19.7. The fourth-order valence-electron chi connectivity index (χ4n) is 1.08. The number of oxime groups is 1. The summed E-state index contributed by atoms with van der Waals surface area (Å²) in [5.74, 6) is 0.250. The van der Waals surface area contributed by atoms with E-state index in [1.165, 1.54) is 0 Å². The molecule has 0 aliphatic rings. The first-order chi connectivity index (χ1) is 9.12. The average Bonchev–Trinajstić information content (AvgIpc) is 2.29. The van der Waals surface area contributed by atoms with Crippen LogP contribution in [0.4, 0.5) is 0 Å². The molecule has 0 fully saturated rings. The topological polar surface area (TPSA) is 58.9 Å². The van der Waals surface area contributed by atoms with Crippen LogP contribution in [0.2, 0.25) is 5.31 Å². The molecule has 0 unspecified atom stereocenters. The number of carbonyl (C=O) groups is 1. The Bertz CT molecular complexity index is 317. The second-order valence-electron chi connectivity index (χ2n) is 6.35. The van der Waals surface area contributed by atoms with Crippen LogP contribution in [-0.4, -0.2) is 42.2 Å². The Hall–Kier alpha value is -0.295. The molecule has 0 aromatic heterocycles. The van der Waals surface area contributed by atoms with E-state index in [-0.39, 0.29) is 16.5 Å². The molecular formula is C13H26BNO3S2. The van der Waals surface area contributed by atoms with Crippen molar-refractivity contribution < 1.29 is 14.7 Å². The summed E-state index contributed by atoms with van der Waals surface area (Å²) < 4.78 is -0.00565. The van der Waals surface area contributed by atoms with Crippen molar-refractivity contribution >= 4 is 41.6 Å². The maximum Gasteiger partial charge on any atom is 0.303 e. The van der Waals surface area contributed by atoms with Gasteiger partial charge in [0, 0.05) is 23.1 Å². The minimum Gasteiger partial charge on any atom is -0.481 e. The smallest absolute Gasteiger partial charge is 0.303 e. The number of hydrogen-bond donors (Lipinski definition) is 1. The summed E-state index contributed by atoms with van der Waals surface area (Å²) in [4.78, 5) is 15.7. The molecule has 1 N–H and O–H groups in total. The van der Waals surface area contributed by atoms with Gasteiger partial charge < -0.3 is 9.94 Å². The van der Waals surface area contributed by atoms with Crippen LogP contribution in [0.25, 0.3) is 0 Å². The molecule has 0 radical (unpaired) electrons. The molecular weight excluding hydrogens is 293 g/mol. The minimum atomic E-state index is -0.728. The van der Waals surface area contributed by atoms with Crippen molar-refractivity contribution in [3.05, 3.63) is 0 Å². The van der Waals surface area contributed by atoms with Gasteiger partial charge >= 0.3 is 5.97 Å². The van der Waals surface area contributed by atoms with Gasteiger partial charge in [-0.2, -0.15) is 0 Å². The van der Waals surface area contributed by atoms with Gasteiger partial charge in [-0.05, 0) is 32.0 Å². The van der Waals surface area contributed by atoms with Gasteiger partial charge in [-0.3, -0.25) is 4.79 Å². The number of carboxylic acids is 1. The van der Waals surface area contributed by atoms with E-state index in [0.717, 1.165) is 12.2 Å². The molecule has 0 aliphatic carbocycles. The third kappa shape index (κ3) is 14.1. The number of nitrogens with zero attached hydrogens (tertiary/aromatic N) is 1. The zero-order valence-electron chi connectivity index (χ0n) is 13.1. The number of rotatable bonds is 11. The van der Waals surface area contributed by atoms with E-state index in [4.69, 9.17) is 9.94 Å². The van der Waals surface area contributed by atoms with E-state index >= 15 is 0 Å². The van der Waals surface area contributed by atoms with E-state index in [1.54, 1.807) is 21.6 Å². The third-order valence-electron chi connectivity index (χ3n) is 2.20. The van der Waals surface area contributed by atoms with E-state index in [0.29, 0.717) is 13.0 Å². The quantitative estimate of drug-likeness (QED) is 0.208. The largest absolute Gasteiger partial charge is 0.481 e. The summed E-state index contributed by atoms with van der Waals surface area (Å²) in [6.07, 6.45) is 3.66. The lowest BCUT2D eigenvalue weighted by molar-refractivity contribution is -0.137. The first-order valence-corrected chi connectivity index (χ1v) is 9.13. The van der Waals surface area contributed by atoms with E-state index < -0.39 is 5.97 Å². The number of aliphatic carboxylic acids is 1. The van der Waals surface area contributed by atoms with Crippen LogP contribution in [0.3, 0.4) is 0 Å². The van der Waals surface area contributed by atoms with Gasteiger partial charge in [-0.1, -0.05) is 40.6 Å². The van der Waals surface area contributed by atoms with Crippen molar-refractivity contribution in [1.29, 1.82) is 0 Å². The van der Waals surface area contributed by atoms with Crippen molar-refractivity contribution in [1.82, 2.24) is 0 Å². The van der Waals surface area contributed by atoms with Gasteiger partial charge in [-0.25, -0.2) is 0 Å². The molecule has 116 valence electrons. The molecule has 0 heterocycles. The highest BCUT2D eigenvalue weighted by Gasteiger charge is 2.20. The van der Waals surface area contributed by atoms with E-state index in [1.807, 2.05) is 6.21 Å². The van der Waals surface area contributed by atoms with Crippen molar-refractivity contribution in [2.45, 2.75) is 57.0 Å². The predicted octanol–water partition coefficient (Wildman–Crippen LogP) is 3.24. The van der Waals surface area contributed by atoms with Gasteiger partial charge in [0.15, 0.2) is 0 Å². The van der Waals surface area contributed by atoms with Crippen LogP contribution in [0, 0.1) is 0 Å². The molecule has 0 spiro atoms. The van der Waals surface area contributed by atoms with Crippen molar-refractivity contribution in [2.75, 3.05) is 12.4 Å². The standard InChI is InChI=1S/C13H26BNO3S2/c1-12(2,14)10-15-18-8-5-9-19-20-13(3,4)7-6-11(16)17/h10H,5-9,14H2,1-4H3,(H,16,17)/b15-10+. The number of hydrogen-bond acceptors (Lipinski definition) is 5.